The van der Waals surface area contributed by atoms with Gasteiger partial charge < -0.3 is 28.4 Å². The van der Waals surface area contributed by atoms with Gasteiger partial charge in [0.1, 0.15) is 24.7 Å². The summed E-state index contributed by atoms with van der Waals surface area (Å²) in [5.41, 5.74) is 6.92. The molecule has 10 heteroatoms. The normalized spacial score (nSPS) is 10.8. The molecule has 0 saturated carbocycles. The highest BCUT2D eigenvalue weighted by Crippen LogP contribution is 2.31. The topological polar surface area (TPSA) is 115 Å². The Morgan fingerprint density at radius 2 is 0.892 bits per heavy atom. The SMILES string of the molecule is C=CC(=O)OCCCCCCCCOc1ccc(-c2ccc(COc3ccc(CCC)cc3OCc3ccc(-c4ccc(OCCCCCCCCOC(=O)C=C)cc4)nc3)cn2)cc1. The third kappa shape index (κ3) is 18.7. The number of aromatic nitrogens is 2. The van der Waals surface area contributed by atoms with E-state index in [1.165, 1.54) is 17.7 Å². The van der Waals surface area contributed by atoms with Gasteiger partial charge in [0.15, 0.2) is 11.5 Å². The Kier molecular flexibility index (Phi) is 22.2. The Balaban J connectivity index is 1.01. The summed E-state index contributed by atoms with van der Waals surface area (Å²) in [4.78, 5) is 31.6. The second-order valence-corrected chi connectivity index (χ2v) is 15.9. The largest absolute Gasteiger partial charge is 0.494 e. The molecule has 0 aliphatic heterocycles. The van der Waals surface area contributed by atoms with Crippen molar-refractivity contribution < 1.29 is 38.0 Å². The molecule has 0 spiro atoms. The van der Waals surface area contributed by atoms with Gasteiger partial charge in [-0.1, -0.05) is 96.1 Å². The van der Waals surface area contributed by atoms with Crippen molar-refractivity contribution in [1.29, 1.82) is 0 Å². The average Bonchev–Trinajstić information content (AvgIpc) is 3.34. The van der Waals surface area contributed by atoms with Crippen LogP contribution in [0.25, 0.3) is 22.5 Å². The minimum atomic E-state index is -0.355. The molecule has 0 aliphatic carbocycles. The lowest BCUT2D eigenvalue weighted by Crippen LogP contribution is -2.02. The van der Waals surface area contributed by atoms with Gasteiger partial charge in [0.25, 0.3) is 0 Å². The van der Waals surface area contributed by atoms with E-state index in [1.54, 1.807) is 0 Å². The van der Waals surface area contributed by atoms with E-state index in [0.717, 1.165) is 135 Å². The first-order valence-corrected chi connectivity index (χ1v) is 23.3. The third-order valence-corrected chi connectivity index (χ3v) is 10.7. The molecule has 2 heterocycles. The van der Waals surface area contributed by atoms with Gasteiger partial charge in [-0.05, 0) is 110 Å². The number of carbonyl (C=O) groups excluding carboxylic acids is 2. The molecule has 0 bridgehead atoms. The predicted octanol–water partition coefficient (Wildman–Crippen LogP) is 12.8. The Labute approximate surface area is 386 Å². The second-order valence-electron chi connectivity index (χ2n) is 15.9. The smallest absolute Gasteiger partial charge is 0.330 e. The van der Waals surface area contributed by atoms with Crippen molar-refractivity contribution in [2.75, 3.05) is 26.4 Å². The van der Waals surface area contributed by atoms with Crippen LogP contribution in [0.5, 0.6) is 23.0 Å². The summed E-state index contributed by atoms with van der Waals surface area (Å²) in [5.74, 6) is 2.37. The van der Waals surface area contributed by atoms with Crippen molar-refractivity contribution in [3.8, 4) is 45.5 Å². The number of aryl methyl sites for hydroxylation is 1. The molecule has 0 saturated heterocycles. The summed E-state index contributed by atoms with van der Waals surface area (Å²) in [5, 5.41) is 0. The van der Waals surface area contributed by atoms with E-state index in [1.807, 2.05) is 91.3 Å². The van der Waals surface area contributed by atoms with Gasteiger partial charge >= 0.3 is 11.9 Å². The number of ether oxygens (including phenoxy) is 6. The zero-order valence-corrected chi connectivity index (χ0v) is 38.2. The number of pyridine rings is 2. The molecule has 10 nitrogen and oxygen atoms in total. The number of esters is 2. The standard InChI is InChI=1S/C55H66N2O8/c1-4-19-43-22-33-52(64-41-44-20-31-50(56-39-44)46-23-27-48(28-24-46)60-34-15-11-7-9-13-17-36-62-54(58)5-2)53(38-43)65-42-45-21-32-51(57-40-45)47-25-29-49(30-26-47)61-35-16-12-8-10-14-18-37-63-55(59)6-3/h5-6,20-33,38-40H,2-4,7-19,34-37,41-42H2,1H3. The van der Waals surface area contributed by atoms with Crippen LogP contribution < -0.4 is 18.9 Å². The Morgan fingerprint density at radius 1 is 0.477 bits per heavy atom. The van der Waals surface area contributed by atoms with Crippen LogP contribution in [0.1, 0.15) is 107 Å². The van der Waals surface area contributed by atoms with Gasteiger partial charge in [-0.25, -0.2) is 9.59 Å². The van der Waals surface area contributed by atoms with Crippen LogP contribution in [-0.2, 0) is 38.7 Å². The minimum absolute atomic E-state index is 0.355. The van der Waals surface area contributed by atoms with Crippen molar-refractivity contribution in [2.45, 2.75) is 110 Å². The lowest BCUT2D eigenvalue weighted by atomic mass is 10.1. The van der Waals surface area contributed by atoms with E-state index >= 15 is 0 Å². The highest BCUT2D eigenvalue weighted by atomic mass is 16.5. The molecule has 65 heavy (non-hydrogen) atoms. The summed E-state index contributed by atoms with van der Waals surface area (Å²) >= 11 is 0. The van der Waals surface area contributed by atoms with E-state index in [4.69, 9.17) is 38.4 Å². The van der Waals surface area contributed by atoms with Crippen LogP contribution in [0.4, 0.5) is 0 Å². The summed E-state index contributed by atoms with van der Waals surface area (Å²) in [6.45, 7) is 12.0. The highest BCUT2D eigenvalue weighted by Gasteiger charge is 2.11. The first kappa shape index (κ1) is 49.6. The molecule has 0 N–H and O–H groups in total. The number of nitrogens with zero attached hydrogens (tertiary/aromatic N) is 2. The molecule has 0 fully saturated rings. The molecule has 0 unspecified atom stereocenters. The molecule has 5 rings (SSSR count). The van der Waals surface area contributed by atoms with E-state index in [0.29, 0.717) is 51.1 Å². The second kappa shape index (κ2) is 29.1. The van der Waals surface area contributed by atoms with Crippen LogP contribution in [0.15, 0.2) is 129 Å². The van der Waals surface area contributed by atoms with Gasteiger partial charge in [0, 0.05) is 46.8 Å². The van der Waals surface area contributed by atoms with Crippen LogP contribution >= 0.6 is 0 Å². The number of hydrogen-bond acceptors (Lipinski definition) is 10. The van der Waals surface area contributed by atoms with Crippen molar-refractivity contribution in [2.24, 2.45) is 0 Å². The first-order valence-electron chi connectivity index (χ1n) is 23.3. The summed E-state index contributed by atoms with van der Waals surface area (Å²) in [6, 6.07) is 30.4. The van der Waals surface area contributed by atoms with Crippen LogP contribution in [0, 0.1) is 0 Å². The molecule has 3 aromatic carbocycles. The first-order chi connectivity index (χ1) is 31.9. The Hall–Kier alpha value is -6.42. The number of unbranched alkanes of at least 4 members (excludes halogenated alkanes) is 10. The number of rotatable bonds is 32. The van der Waals surface area contributed by atoms with Gasteiger partial charge in [0.2, 0.25) is 0 Å². The number of benzene rings is 3. The molecule has 5 aromatic rings. The number of carbonyl (C=O) groups is 2. The molecule has 0 amide bonds. The van der Waals surface area contributed by atoms with Gasteiger partial charge in [-0.3, -0.25) is 9.97 Å². The monoisotopic (exact) mass is 882 g/mol. The summed E-state index contributed by atoms with van der Waals surface area (Å²) in [6.07, 6.45) is 20.7. The van der Waals surface area contributed by atoms with Crippen molar-refractivity contribution >= 4 is 11.9 Å². The maximum absolute atomic E-state index is 11.1. The lowest BCUT2D eigenvalue weighted by Gasteiger charge is -2.15. The summed E-state index contributed by atoms with van der Waals surface area (Å²) in [7, 11) is 0. The van der Waals surface area contributed by atoms with E-state index in [9.17, 15) is 9.59 Å². The minimum Gasteiger partial charge on any atom is -0.494 e. The molecule has 2 aromatic heterocycles. The maximum atomic E-state index is 11.1. The molecule has 0 aliphatic rings. The zero-order chi connectivity index (χ0) is 45.7. The molecule has 344 valence electrons. The van der Waals surface area contributed by atoms with Crippen molar-refractivity contribution in [3.63, 3.8) is 0 Å². The molecule has 0 atom stereocenters. The predicted molar refractivity (Wildman–Crippen MR) is 257 cm³/mol. The maximum Gasteiger partial charge on any atom is 0.330 e. The van der Waals surface area contributed by atoms with Gasteiger partial charge in [0.05, 0.1) is 37.8 Å². The lowest BCUT2D eigenvalue weighted by molar-refractivity contribution is -0.138. The Morgan fingerprint density at radius 3 is 1.31 bits per heavy atom. The van der Waals surface area contributed by atoms with Crippen molar-refractivity contribution in [1.82, 2.24) is 9.97 Å². The van der Waals surface area contributed by atoms with Gasteiger partial charge in [-0.15, -0.1) is 0 Å². The fourth-order valence-corrected chi connectivity index (χ4v) is 7.02. The van der Waals surface area contributed by atoms with Crippen molar-refractivity contribution in [3.05, 3.63) is 145 Å². The quantitative estimate of drug-likeness (QED) is 0.0235. The van der Waals surface area contributed by atoms with E-state index in [2.05, 4.69) is 32.2 Å². The molecular weight excluding hydrogens is 817 g/mol. The number of hydrogen-bond donors (Lipinski definition) is 0. The highest BCUT2D eigenvalue weighted by molar-refractivity contribution is 5.81. The van der Waals surface area contributed by atoms with E-state index < -0.39 is 0 Å². The summed E-state index contributed by atoms with van der Waals surface area (Å²) < 4.78 is 34.7. The van der Waals surface area contributed by atoms with Crippen LogP contribution in [0.2, 0.25) is 0 Å². The molecular formula is C55H66N2O8. The average molecular weight is 883 g/mol. The zero-order valence-electron chi connectivity index (χ0n) is 38.2. The fraction of sp³-hybridized carbons (Fsp3) is 0.382. The molecule has 0 radical (unpaired) electrons. The third-order valence-electron chi connectivity index (χ3n) is 10.7. The fourth-order valence-electron chi connectivity index (χ4n) is 7.02. The van der Waals surface area contributed by atoms with E-state index in [-0.39, 0.29) is 11.9 Å². The Bertz CT molecular complexity index is 2150. The van der Waals surface area contributed by atoms with Crippen LogP contribution in [0.3, 0.4) is 0 Å². The van der Waals surface area contributed by atoms with Crippen LogP contribution in [-0.4, -0.2) is 48.3 Å². The van der Waals surface area contributed by atoms with Gasteiger partial charge in [-0.2, -0.15) is 0 Å².